The molecular weight excluding hydrogens is 430 g/mol. The lowest BCUT2D eigenvalue weighted by Gasteiger charge is -2.39. The number of aromatic nitrogens is 2. The number of urea groups is 1. The standard InChI is InChI=1S/C23H34ClN5O3/c1-5-17-12-21(29(27-17)23(2,3)4)26-22(31)25-18(15-30)10-11-28-13-20(14-28)32-19-8-6-16(24)7-9-19/h6-9,12,18,20,30H,5,10-11,13-15H2,1-4H3,(H2,25,26,31)/t18-/m0/s1. The molecule has 3 rings (SSSR count). The van der Waals surface area contributed by atoms with Crippen molar-refractivity contribution in [3.63, 3.8) is 0 Å². The van der Waals surface area contributed by atoms with Crippen molar-refractivity contribution in [3.8, 4) is 5.75 Å². The van der Waals surface area contributed by atoms with Crippen molar-refractivity contribution in [2.45, 2.75) is 58.2 Å². The molecule has 0 saturated carbocycles. The molecule has 2 amide bonds. The first kappa shape index (κ1) is 24.4. The summed E-state index contributed by atoms with van der Waals surface area (Å²) >= 11 is 5.90. The van der Waals surface area contributed by atoms with E-state index in [4.69, 9.17) is 16.3 Å². The predicted octanol–water partition coefficient (Wildman–Crippen LogP) is 3.49. The maximum atomic E-state index is 12.5. The molecule has 0 unspecified atom stereocenters. The van der Waals surface area contributed by atoms with Gasteiger partial charge in [-0.1, -0.05) is 18.5 Å². The Morgan fingerprint density at radius 3 is 2.59 bits per heavy atom. The number of carbonyl (C=O) groups is 1. The van der Waals surface area contributed by atoms with Gasteiger partial charge in [0.25, 0.3) is 0 Å². The third-order valence-electron chi connectivity index (χ3n) is 5.39. The maximum Gasteiger partial charge on any atom is 0.320 e. The number of benzene rings is 1. The predicted molar refractivity (Wildman–Crippen MR) is 127 cm³/mol. The maximum absolute atomic E-state index is 12.5. The Labute approximate surface area is 194 Å². The van der Waals surface area contributed by atoms with Gasteiger partial charge in [-0.3, -0.25) is 10.2 Å². The lowest BCUT2D eigenvalue weighted by molar-refractivity contribution is 0.0168. The lowest BCUT2D eigenvalue weighted by Crippen LogP contribution is -2.55. The molecule has 3 N–H and O–H groups in total. The molecule has 1 aromatic carbocycles. The zero-order chi connectivity index (χ0) is 23.3. The number of ether oxygens (including phenoxy) is 1. The van der Waals surface area contributed by atoms with Gasteiger partial charge in [0.05, 0.1) is 23.9 Å². The van der Waals surface area contributed by atoms with Crippen LogP contribution in [0.25, 0.3) is 0 Å². The number of rotatable bonds is 9. The highest BCUT2D eigenvalue weighted by atomic mass is 35.5. The van der Waals surface area contributed by atoms with Crippen LogP contribution < -0.4 is 15.4 Å². The molecule has 1 saturated heterocycles. The summed E-state index contributed by atoms with van der Waals surface area (Å²) in [5.74, 6) is 1.46. The molecule has 176 valence electrons. The van der Waals surface area contributed by atoms with Crippen molar-refractivity contribution in [2.24, 2.45) is 0 Å². The van der Waals surface area contributed by atoms with Crippen LogP contribution in [0.1, 0.15) is 39.8 Å². The first-order valence-electron chi connectivity index (χ1n) is 11.1. The number of anilines is 1. The van der Waals surface area contributed by atoms with Crippen molar-refractivity contribution in [3.05, 3.63) is 41.0 Å². The van der Waals surface area contributed by atoms with Gasteiger partial charge in [0.15, 0.2) is 0 Å². The fourth-order valence-electron chi connectivity index (χ4n) is 3.57. The second kappa shape index (κ2) is 10.6. The highest BCUT2D eigenvalue weighted by Crippen LogP contribution is 2.22. The molecule has 0 radical (unpaired) electrons. The zero-order valence-corrected chi connectivity index (χ0v) is 20.0. The van der Waals surface area contributed by atoms with E-state index >= 15 is 0 Å². The summed E-state index contributed by atoms with van der Waals surface area (Å²) in [6, 6.07) is 8.57. The van der Waals surface area contributed by atoms with Gasteiger partial charge in [0.1, 0.15) is 17.7 Å². The Balaban J connectivity index is 1.43. The fourth-order valence-corrected chi connectivity index (χ4v) is 3.70. The monoisotopic (exact) mass is 463 g/mol. The molecule has 2 aromatic rings. The molecule has 1 aliphatic heterocycles. The number of aliphatic hydroxyl groups is 1. The second-order valence-corrected chi connectivity index (χ2v) is 9.61. The Hall–Kier alpha value is -2.29. The molecule has 9 heteroatoms. The van der Waals surface area contributed by atoms with E-state index in [0.29, 0.717) is 17.3 Å². The van der Waals surface area contributed by atoms with Gasteiger partial charge in [-0.05, 0) is 57.9 Å². The summed E-state index contributed by atoms with van der Waals surface area (Å²) < 4.78 is 7.73. The van der Waals surface area contributed by atoms with Crippen LogP contribution in [0.15, 0.2) is 30.3 Å². The van der Waals surface area contributed by atoms with Gasteiger partial charge in [0, 0.05) is 30.7 Å². The van der Waals surface area contributed by atoms with Gasteiger partial charge < -0.3 is 15.2 Å². The van der Waals surface area contributed by atoms with Crippen LogP contribution in [0, 0.1) is 0 Å². The third kappa shape index (κ3) is 6.60. The van der Waals surface area contributed by atoms with Crippen LogP contribution in [-0.2, 0) is 12.0 Å². The Kier molecular flexibility index (Phi) is 8.03. The number of likely N-dealkylation sites (tertiary alicyclic amines) is 1. The first-order chi connectivity index (χ1) is 15.2. The minimum absolute atomic E-state index is 0.120. The number of halogens is 1. The Bertz CT molecular complexity index is 888. The van der Waals surface area contributed by atoms with Crippen molar-refractivity contribution < 1.29 is 14.6 Å². The Morgan fingerprint density at radius 1 is 1.31 bits per heavy atom. The van der Waals surface area contributed by atoms with Crippen LogP contribution in [0.4, 0.5) is 10.6 Å². The average Bonchev–Trinajstić information content (AvgIpc) is 3.13. The topological polar surface area (TPSA) is 91.6 Å². The number of hydrogen-bond acceptors (Lipinski definition) is 5. The molecule has 0 bridgehead atoms. The summed E-state index contributed by atoms with van der Waals surface area (Å²) in [7, 11) is 0. The van der Waals surface area contributed by atoms with E-state index in [-0.39, 0.29) is 30.3 Å². The molecule has 2 heterocycles. The highest BCUT2D eigenvalue weighted by molar-refractivity contribution is 6.30. The summed E-state index contributed by atoms with van der Waals surface area (Å²) in [5.41, 5.74) is 0.663. The van der Waals surface area contributed by atoms with E-state index in [1.807, 2.05) is 62.7 Å². The number of aryl methyl sites for hydroxylation is 1. The van der Waals surface area contributed by atoms with Crippen molar-refractivity contribution in [1.29, 1.82) is 0 Å². The molecule has 1 fully saturated rings. The molecule has 0 spiro atoms. The quantitative estimate of drug-likeness (QED) is 0.529. The van der Waals surface area contributed by atoms with Crippen LogP contribution in [0.2, 0.25) is 5.02 Å². The van der Waals surface area contributed by atoms with Crippen LogP contribution in [0.3, 0.4) is 0 Å². The van der Waals surface area contributed by atoms with Crippen LogP contribution >= 0.6 is 11.6 Å². The van der Waals surface area contributed by atoms with E-state index in [9.17, 15) is 9.90 Å². The van der Waals surface area contributed by atoms with E-state index in [1.165, 1.54) is 0 Å². The second-order valence-electron chi connectivity index (χ2n) is 9.18. The average molecular weight is 464 g/mol. The first-order valence-corrected chi connectivity index (χ1v) is 11.5. The minimum Gasteiger partial charge on any atom is -0.488 e. The van der Waals surface area contributed by atoms with Crippen molar-refractivity contribution in [2.75, 3.05) is 31.6 Å². The lowest BCUT2D eigenvalue weighted by atomic mass is 10.1. The molecule has 0 aliphatic carbocycles. The van der Waals surface area contributed by atoms with E-state index in [2.05, 4.69) is 20.6 Å². The summed E-state index contributed by atoms with van der Waals surface area (Å²) in [6.45, 7) is 10.4. The summed E-state index contributed by atoms with van der Waals surface area (Å²) in [4.78, 5) is 14.8. The van der Waals surface area contributed by atoms with Gasteiger partial charge in [0.2, 0.25) is 0 Å². The number of nitrogens with one attached hydrogen (secondary N) is 2. The van der Waals surface area contributed by atoms with Crippen LogP contribution in [-0.4, -0.2) is 64.2 Å². The molecule has 1 atom stereocenters. The van der Waals surface area contributed by atoms with Crippen molar-refractivity contribution >= 4 is 23.4 Å². The van der Waals surface area contributed by atoms with E-state index in [0.717, 1.165) is 37.5 Å². The number of carbonyl (C=O) groups excluding carboxylic acids is 1. The number of nitrogens with zero attached hydrogens (tertiary/aromatic N) is 3. The smallest absolute Gasteiger partial charge is 0.320 e. The van der Waals surface area contributed by atoms with Crippen LogP contribution in [0.5, 0.6) is 5.75 Å². The molecule has 8 nitrogen and oxygen atoms in total. The number of amides is 2. The Morgan fingerprint density at radius 2 is 2.00 bits per heavy atom. The van der Waals surface area contributed by atoms with Gasteiger partial charge in [-0.15, -0.1) is 0 Å². The van der Waals surface area contributed by atoms with Crippen molar-refractivity contribution in [1.82, 2.24) is 20.0 Å². The van der Waals surface area contributed by atoms with E-state index in [1.54, 1.807) is 0 Å². The fraction of sp³-hybridized carbons (Fsp3) is 0.565. The van der Waals surface area contributed by atoms with E-state index < -0.39 is 0 Å². The largest absolute Gasteiger partial charge is 0.488 e. The SMILES string of the molecule is CCc1cc(NC(=O)N[C@H](CO)CCN2CC(Oc3ccc(Cl)cc3)C2)n(C(C)(C)C)n1. The summed E-state index contributed by atoms with van der Waals surface area (Å²) in [5, 5.41) is 20.7. The van der Waals surface area contributed by atoms with Gasteiger partial charge in [-0.2, -0.15) is 5.10 Å². The van der Waals surface area contributed by atoms with Gasteiger partial charge in [-0.25, -0.2) is 9.48 Å². The highest BCUT2D eigenvalue weighted by Gasteiger charge is 2.29. The molecular formula is C23H34ClN5O3. The zero-order valence-electron chi connectivity index (χ0n) is 19.3. The van der Waals surface area contributed by atoms with Gasteiger partial charge >= 0.3 is 6.03 Å². The number of hydrogen-bond donors (Lipinski definition) is 3. The summed E-state index contributed by atoms with van der Waals surface area (Å²) in [6.07, 6.45) is 1.58. The number of aliphatic hydroxyl groups excluding tert-OH is 1. The molecule has 1 aliphatic rings. The minimum atomic E-state index is -0.343. The molecule has 1 aromatic heterocycles. The normalized spacial score (nSPS) is 15.8. The molecule has 32 heavy (non-hydrogen) atoms. The third-order valence-corrected chi connectivity index (χ3v) is 5.64.